The van der Waals surface area contributed by atoms with Crippen LogP contribution in [0, 0.1) is 10.8 Å². The van der Waals surface area contributed by atoms with Crippen LogP contribution in [0.4, 0.5) is 57.1 Å². The third-order valence-corrected chi connectivity index (χ3v) is 6.83. The Labute approximate surface area is 136 Å². The first-order chi connectivity index (χ1) is 11.0. The van der Waals surface area contributed by atoms with Gasteiger partial charge < -0.3 is 0 Å². The standard InChI is InChI=1S/C13H9F13/c1-4(2)5(3)9(17,18)7(15)11(21,22)6(4,14)12(23,24)8(16,10(5,19)20)13(7,25)26/h1-3H3. The van der Waals surface area contributed by atoms with E-state index in [1.807, 2.05) is 0 Å². The summed E-state index contributed by atoms with van der Waals surface area (Å²) >= 11 is 0. The van der Waals surface area contributed by atoms with E-state index in [0.29, 0.717) is 0 Å². The average Bonchev–Trinajstić information content (AvgIpc) is 2.46. The molecule has 4 aliphatic rings. The number of hydrogen-bond donors (Lipinski definition) is 0. The molecule has 4 fully saturated rings. The highest BCUT2D eigenvalue weighted by molar-refractivity contribution is 5.51. The van der Waals surface area contributed by atoms with Crippen LogP contribution in [0.5, 0.6) is 0 Å². The molecule has 4 bridgehead atoms. The number of hydrogen-bond acceptors (Lipinski definition) is 0. The summed E-state index contributed by atoms with van der Waals surface area (Å²) in [7, 11) is 0. The molecule has 0 nitrogen and oxygen atoms in total. The van der Waals surface area contributed by atoms with Gasteiger partial charge in [-0.1, -0.05) is 13.8 Å². The van der Waals surface area contributed by atoms with Crippen molar-refractivity contribution in [2.24, 2.45) is 10.8 Å². The predicted molar refractivity (Wildman–Crippen MR) is 58.1 cm³/mol. The summed E-state index contributed by atoms with van der Waals surface area (Å²) in [6.45, 7) is -1.05. The molecular weight excluding hydrogens is 403 g/mol. The molecule has 0 aromatic rings. The van der Waals surface area contributed by atoms with E-state index in [9.17, 15) is 52.7 Å². The zero-order valence-corrected chi connectivity index (χ0v) is 12.9. The van der Waals surface area contributed by atoms with Gasteiger partial charge in [0.1, 0.15) is 5.41 Å². The summed E-state index contributed by atoms with van der Waals surface area (Å²) in [6, 6.07) is 0. The maximum absolute atomic E-state index is 15.0. The fourth-order valence-electron chi connectivity index (χ4n) is 4.89. The summed E-state index contributed by atoms with van der Waals surface area (Å²) in [5, 5.41) is 0. The van der Waals surface area contributed by atoms with Gasteiger partial charge in [-0.15, -0.1) is 0 Å². The average molecular weight is 412 g/mol. The van der Waals surface area contributed by atoms with Crippen molar-refractivity contribution in [3.05, 3.63) is 0 Å². The highest BCUT2D eigenvalue weighted by Gasteiger charge is 3.18. The van der Waals surface area contributed by atoms with Gasteiger partial charge >= 0.3 is 41.0 Å². The van der Waals surface area contributed by atoms with Crippen LogP contribution >= 0.6 is 0 Å². The molecule has 0 aliphatic heterocycles. The summed E-state index contributed by atoms with van der Waals surface area (Å²) in [4.78, 5) is 0. The van der Waals surface area contributed by atoms with E-state index in [4.69, 9.17) is 0 Å². The Bertz CT molecular complexity index is 508. The fourth-order valence-corrected chi connectivity index (χ4v) is 4.89. The molecule has 0 amide bonds. The van der Waals surface area contributed by atoms with Crippen molar-refractivity contribution in [2.45, 2.75) is 67.4 Å². The summed E-state index contributed by atoms with van der Waals surface area (Å²) in [5.41, 5.74) is -29.3. The third-order valence-electron chi connectivity index (χ3n) is 6.83. The minimum Gasteiger partial charge on any atom is -0.230 e. The van der Waals surface area contributed by atoms with Crippen LogP contribution in [-0.2, 0) is 0 Å². The lowest BCUT2D eigenvalue weighted by molar-refractivity contribution is -0.597. The van der Waals surface area contributed by atoms with Crippen molar-refractivity contribution >= 4 is 0 Å². The van der Waals surface area contributed by atoms with Crippen molar-refractivity contribution in [3.8, 4) is 0 Å². The molecule has 0 N–H and O–H groups in total. The lowest BCUT2D eigenvalue weighted by Crippen LogP contribution is -3.06. The van der Waals surface area contributed by atoms with Crippen molar-refractivity contribution in [1.29, 1.82) is 0 Å². The quantitative estimate of drug-likeness (QED) is 0.470. The molecule has 152 valence electrons. The summed E-state index contributed by atoms with van der Waals surface area (Å²) in [6.07, 6.45) is 0. The summed E-state index contributed by atoms with van der Waals surface area (Å²) in [5.74, 6) is -34.2. The van der Waals surface area contributed by atoms with Crippen LogP contribution < -0.4 is 0 Å². The number of alkyl halides is 13. The van der Waals surface area contributed by atoms with Crippen molar-refractivity contribution in [3.63, 3.8) is 0 Å². The van der Waals surface area contributed by atoms with Crippen LogP contribution in [-0.4, -0.2) is 46.6 Å². The number of halogens is 13. The lowest BCUT2D eigenvalue weighted by atomic mass is 9.31. The molecule has 2 atom stereocenters. The van der Waals surface area contributed by atoms with Gasteiger partial charge in [0, 0.05) is 5.41 Å². The molecule has 0 aromatic carbocycles. The van der Waals surface area contributed by atoms with Gasteiger partial charge in [0.15, 0.2) is 0 Å². The summed E-state index contributed by atoms with van der Waals surface area (Å²) < 4.78 is 187. The molecule has 26 heavy (non-hydrogen) atoms. The van der Waals surface area contributed by atoms with Crippen LogP contribution in [0.1, 0.15) is 20.8 Å². The topological polar surface area (TPSA) is 0 Å². The molecule has 0 radical (unpaired) electrons. The SMILES string of the molecule is CC1(C)C2(C)C(F)(F)C3(F)C(F)(F)C1(F)C(F)(F)C(F)(C2(F)F)C3(F)F. The van der Waals surface area contributed by atoms with E-state index < -0.39 is 64.4 Å². The second kappa shape index (κ2) is 3.68. The Hall–Kier alpha value is -0.910. The van der Waals surface area contributed by atoms with Crippen molar-refractivity contribution in [1.82, 2.24) is 0 Å². The Balaban J connectivity index is 2.71. The largest absolute Gasteiger partial charge is 0.339 e. The van der Waals surface area contributed by atoms with E-state index in [1.165, 1.54) is 0 Å². The van der Waals surface area contributed by atoms with Gasteiger partial charge in [-0.25, -0.2) is 30.7 Å². The molecule has 4 rings (SSSR count). The fraction of sp³-hybridized carbons (Fsp3) is 1.00. The van der Waals surface area contributed by atoms with E-state index in [-0.39, 0.29) is 13.8 Å². The Morgan fingerprint density at radius 2 is 0.577 bits per heavy atom. The van der Waals surface area contributed by atoms with E-state index >= 15 is 4.39 Å². The highest BCUT2D eigenvalue weighted by Crippen LogP contribution is 2.91. The molecule has 2 unspecified atom stereocenters. The van der Waals surface area contributed by atoms with Gasteiger partial charge in [0.05, 0.1) is 0 Å². The van der Waals surface area contributed by atoms with Gasteiger partial charge in [0.25, 0.3) is 0 Å². The lowest BCUT2D eigenvalue weighted by Gasteiger charge is -2.78. The second-order valence-corrected chi connectivity index (χ2v) is 7.60. The molecule has 0 spiro atoms. The zero-order chi connectivity index (χ0) is 21.0. The minimum atomic E-state index is -7.34. The Kier molecular flexibility index (Phi) is 2.81. The van der Waals surface area contributed by atoms with Gasteiger partial charge in [-0.05, 0) is 6.92 Å². The molecule has 0 saturated heterocycles. The van der Waals surface area contributed by atoms with Crippen LogP contribution in [0.3, 0.4) is 0 Å². The first-order valence-electron chi connectivity index (χ1n) is 6.96. The number of rotatable bonds is 0. The molecule has 4 saturated carbocycles. The first-order valence-corrected chi connectivity index (χ1v) is 6.96. The van der Waals surface area contributed by atoms with E-state index in [2.05, 4.69) is 0 Å². The molecule has 0 heterocycles. The molecule has 4 aliphatic carbocycles. The maximum Gasteiger partial charge on any atom is 0.339 e. The second-order valence-electron chi connectivity index (χ2n) is 7.60. The van der Waals surface area contributed by atoms with E-state index in [0.717, 1.165) is 0 Å². The van der Waals surface area contributed by atoms with E-state index in [1.54, 1.807) is 0 Å². The van der Waals surface area contributed by atoms with Gasteiger partial charge in [-0.3, -0.25) is 0 Å². The van der Waals surface area contributed by atoms with Gasteiger partial charge in [0.2, 0.25) is 5.67 Å². The Morgan fingerprint density at radius 3 is 0.846 bits per heavy atom. The zero-order valence-electron chi connectivity index (χ0n) is 12.9. The third kappa shape index (κ3) is 0.982. The molecule has 0 aromatic heterocycles. The maximum atomic E-state index is 15.0. The smallest absolute Gasteiger partial charge is 0.230 e. The monoisotopic (exact) mass is 412 g/mol. The predicted octanol–water partition coefficient (Wildman–Crippen LogP) is 5.36. The van der Waals surface area contributed by atoms with Gasteiger partial charge in [-0.2, -0.15) is 26.3 Å². The van der Waals surface area contributed by atoms with Crippen molar-refractivity contribution < 1.29 is 57.1 Å². The first kappa shape index (κ1) is 19.8. The van der Waals surface area contributed by atoms with Crippen LogP contribution in [0.15, 0.2) is 0 Å². The van der Waals surface area contributed by atoms with Crippen molar-refractivity contribution in [2.75, 3.05) is 0 Å². The minimum absolute atomic E-state index is 0.251. The molecular formula is C13H9F13. The molecule has 13 heteroatoms. The van der Waals surface area contributed by atoms with Crippen LogP contribution in [0.2, 0.25) is 0 Å². The Morgan fingerprint density at radius 1 is 0.346 bits per heavy atom. The highest BCUT2D eigenvalue weighted by atomic mass is 19.3. The van der Waals surface area contributed by atoms with Crippen LogP contribution in [0.25, 0.3) is 0 Å². The normalized spacial score (nSPS) is 53.5.